The third-order valence-electron chi connectivity index (χ3n) is 5.41. The van der Waals surface area contributed by atoms with E-state index in [1.807, 2.05) is 36.4 Å². The Morgan fingerprint density at radius 3 is 2.35 bits per heavy atom. The van der Waals surface area contributed by atoms with Crippen LogP contribution in [0.4, 0.5) is 5.69 Å². The highest BCUT2D eigenvalue weighted by atomic mass is 16.4. The summed E-state index contributed by atoms with van der Waals surface area (Å²) in [6.45, 7) is 4.32. The fraction of sp³-hybridized carbons (Fsp3) is 0.474. The molecule has 1 amide bonds. The molecule has 0 radical (unpaired) electrons. The summed E-state index contributed by atoms with van der Waals surface area (Å²) in [4.78, 5) is 24.1. The number of carboxylic acid groups (broad SMARTS) is 1. The molecular weight excluding hydrogens is 290 g/mol. The quantitative estimate of drug-likeness (QED) is 0.815. The van der Waals surface area contributed by atoms with E-state index in [4.69, 9.17) is 0 Å². The molecule has 4 nitrogen and oxygen atoms in total. The number of amides is 1. The lowest BCUT2D eigenvalue weighted by Crippen LogP contribution is -2.36. The van der Waals surface area contributed by atoms with Crippen LogP contribution in [0.1, 0.15) is 38.2 Å². The molecule has 0 unspecified atom stereocenters. The number of hydrogen-bond donors (Lipinski definition) is 2. The van der Waals surface area contributed by atoms with Crippen molar-refractivity contribution in [1.29, 1.82) is 0 Å². The molecule has 5 atom stereocenters. The lowest BCUT2D eigenvalue weighted by Gasteiger charge is -2.24. The first-order chi connectivity index (χ1) is 11.0. The molecule has 0 saturated heterocycles. The Kier molecular flexibility index (Phi) is 4.24. The molecule has 2 N–H and O–H groups in total. The summed E-state index contributed by atoms with van der Waals surface area (Å²) in [5, 5.41) is 12.3. The highest BCUT2D eigenvalue weighted by Crippen LogP contribution is 2.48. The molecule has 23 heavy (non-hydrogen) atoms. The van der Waals surface area contributed by atoms with Crippen LogP contribution in [-0.4, -0.2) is 17.0 Å². The number of aliphatic carboxylic acids is 1. The average molecular weight is 313 g/mol. The second-order valence-corrected chi connectivity index (χ2v) is 6.76. The molecule has 3 rings (SSSR count). The minimum Gasteiger partial charge on any atom is -0.481 e. The number of fused-ring (bicyclic) bond motifs is 2. The van der Waals surface area contributed by atoms with Gasteiger partial charge in [-0.1, -0.05) is 38.1 Å². The van der Waals surface area contributed by atoms with E-state index < -0.39 is 17.8 Å². The second kappa shape index (κ2) is 6.19. The highest BCUT2D eigenvalue weighted by molar-refractivity contribution is 5.96. The minimum atomic E-state index is -0.867. The van der Waals surface area contributed by atoms with Gasteiger partial charge in [0.25, 0.3) is 0 Å². The molecule has 2 aliphatic carbocycles. The van der Waals surface area contributed by atoms with Crippen LogP contribution >= 0.6 is 0 Å². The molecular formula is C19H23NO3. The van der Waals surface area contributed by atoms with Gasteiger partial charge in [-0.25, -0.2) is 0 Å². The van der Waals surface area contributed by atoms with E-state index in [1.54, 1.807) is 0 Å². The van der Waals surface area contributed by atoms with Gasteiger partial charge in [-0.3, -0.25) is 9.59 Å². The van der Waals surface area contributed by atoms with Crippen LogP contribution in [-0.2, 0) is 9.59 Å². The summed E-state index contributed by atoms with van der Waals surface area (Å²) in [5.74, 6) is -1.55. The fourth-order valence-electron chi connectivity index (χ4n) is 3.87. The standard InChI is InChI=1S/C19H23NO3/c1-3-11(2)12-6-8-15(9-7-12)20-18(21)16-13-4-5-14(10-13)17(16)19(22)23/h4-9,11,13-14,16-17H,3,10H2,1-2H3,(H,20,21)(H,22,23)/t11-,13-,14-,16-,17-/m0/s1. The molecule has 2 aliphatic rings. The number of hydrogen-bond acceptors (Lipinski definition) is 2. The van der Waals surface area contributed by atoms with Crippen LogP contribution in [0.5, 0.6) is 0 Å². The molecule has 1 fully saturated rings. The Morgan fingerprint density at radius 2 is 1.78 bits per heavy atom. The lowest BCUT2D eigenvalue weighted by molar-refractivity contribution is -0.146. The molecule has 0 heterocycles. The van der Waals surface area contributed by atoms with Gasteiger partial charge >= 0.3 is 5.97 Å². The van der Waals surface area contributed by atoms with Gasteiger partial charge in [0.1, 0.15) is 0 Å². The van der Waals surface area contributed by atoms with Crippen molar-refractivity contribution in [3.63, 3.8) is 0 Å². The van der Waals surface area contributed by atoms with Crippen molar-refractivity contribution in [3.8, 4) is 0 Å². The van der Waals surface area contributed by atoms with Crippen LogP contribution in [0.15, 0.2) is 36.4 Å². The first kappa shape index (κ1) is 15.8. The van der Waals surface area contributed by atoms with E-state index in [-0.39, 0.29) is 17.7 Å². The summed E-state index contributed by atoms with van der Waals surface area (Å²) in [5.41, 5.74) is 1.98. The zero-order valence-electron chi connectivity index (χ0n) is 13.5. The molecule has 0 aliphatic heterocycles. The Hall–Kier alpha value is -2.10. The number of allylic oxidation sites excluding steroid dienone is 2. The summed E-state index contributed by atoms with van der Waals surface area (Å²) in [6, 6.07) is 7.86. The Morgan fingerprint density at radius 1 is 1.17 bits per heavy atom. The Labute approximate surface area is 136 Å². The van der Waals surface area contributed by atoms with Crippen molar-refractivity contribution in [2.75, 3.05) is 5.32 Å². The number of carbonyl (C=O) groups is 2. The summed E-state index contributed by atoms with van der Waals surface area (Å²) >= 11 is 0. The van der Waals surface area contributed by atoms with E-state index >= 15 is 0 Å². The molecule has 4 heteroatoms. The van der Waals surface area contributed by atoms with E-state index in [1.165, 1.54) is 5.56 Å². The maximum atomic E-state index is 12.6. The van der Waals surface area contributed by atoms with Crippen LogP contribution in [0.2, 0.25) is 0 Å². The van der Waals surface area contributed by atoms with E-state index in [0.29, 0.717) is 5.92 Å². The van der Waals surface area contributed by atoms with Gasteiger partial charge < -0.3 is 10.4 Å². The smallest absolute Gasteiger partial charge is 0.307 e. The zero-order chi connectivity index (χ0) is 16.6. The van der Waals surface area contributed by atoms with Crippen molar-refractivity contribution < 1.29 is 14.7 Å². The molecule has 1 aromatic carbocycles. The Balaban J connectivity index is 1.72. The van der Waals surface area contributed by atoms with Crippen molar-refractivity contribution in [3.05, 3.63) is 42.0 Å². The SMILES string of the molecule is CC[C@H](C)c1ccc(NC(=O)[C@@H]2[C@@H](C(=O)O)[C@H]3C=C[C@H]2C3)cc1. The van der Waals surface area contributed by atoms with Crippen LogP contribution in [0, 0.1) is 23.7 Å². The number of carboxylic acids is 1. The maximum Gasteiger partial charge on any atom is 0.307 e. The summed E-state index contributed by atoms with van der Waals surface area (Å²) in [7, 11) is 0. The predicted molar refractivity (Wildman–Crippen MR) is 89.1 cm³/mol. The van der Waals surface area contributed by atoms with Gasteiger partial charge in [0.05, 0.1) is 11.8 Å². The monoisotopic (exact) mass is 313 g/mol. The molecule has 2 bridgehead atoms. The van der Waals surface area contributed by atoms with E-state index in [0.717, 1.165) is 18.5 Å². The zero-order valence-corrected chi connectivity index (χ0v) is 13.5. The van der Waals surface area contributed by atoms with Gasteiger partial charge in [0.2, 0.25) is 5.91 Å². The lowest BCUT2D eigenvalue weighted by atomic mass is 9.82. The molecule has 0 aromatic heterocycles. The molecule has 1 aromatic rings. The van der Waals surface area contributed by atoms with E-state index in [9.17, 15) is 14.7 Å². The maximum absolute atomic E-state index is 12.6. The van der Waals surface area contributed by atoms with Crippen molar-refractivity contribution in [2.24, 2.45) is 23.7 Å². The van der Waals surface area contributed by atoms with Crippen LogP contribution in [0.3, 0.4) is 0 Å². The normalized spacial score (nSPS) is 29.5. The van der Waals surface area contributed by atoms with Crippen molar-refractivity contribution in [2.45, 2.75) is 32.6 Å². The van der Waals surface area contributed by atoms with E-state index in [2.05, 4.69) is 19.2 Å². The molecule has 122 valence electrons. The number of anilines is 1. The fourth-order valence-corrected chi connectivity index (χ4v) is 3.87. The third-order valence-corrected chi connectivity index (χ3v) is 5.41. The van der Waals surface area contributed by atoms with Crippen molar-refractivity contribution in [1.82, 2.24) is 0 Å². The number of nitrogens with one attached hydrogen (secondary N) is 1. The van der Waals surface area contributed by atoms with Gasteiger partial charge in [-0.15, -0.1) is 0 Å². The number of carbonyl (C=O) groups excluding carboxylic acids is 1. The second-order valence-electron chi connectivity index (χ2n) is 6.76. The number of rotatable bonds is 5. The summed E-state index contributed by atoms with van der Waals surface area (Å²) in [6.07, 6.45) is 5.81. The molecule has 1 saturated carbocycles. The average Bonchev–Trinajstić information content (AvgIpc) is 3.15. The van der Waals surface area contributed by atoms with Gasteiger partial charge in [0, 0.05) is 5.69 Å². The largest absolute Gasteiger partial charge is 0.481 e. The third kappa shape index (κ3) is 2.90. The first-order valence-electron chi connectivity index (χ1n) is 8.33. The minimum absolute atomic E-state index is 0.000954. The highest BCUT2D eigenvalue weighted by Gasteiger charge is 2.51. The predicted octanol–water partition coefficient (Wildman–Crippen LogP) is 3.66. The van der Waals surface area contributed by atoms with Gasteiger partial charge in [0.15, 0.2) is 0 Å². The topological polar surface area (TPSA) is 66.4 Å². The van der Waals surface area contributed by atoms with Gasteiger partial charge in [-0.2, -0.15) is 0 Å². The number of benzene rings is 1. The van der Waals surface area contributed by atoms with Gasteiger partial charge in [-0.05, 0) is 48.3 Å². The molecule has 0 spiro atoms. The first-order valence-corrected chi connectivity index (χ1v) is 8.33. The summed E-state index contributed by atoms with van der Waals surface area (Å²) < 4.78 is 0. The van der Waals surface area contributed by atoms with Crippen LogP contribution < -0.4 is 5.32 Å². The van der Waals surface area contributed by atoms with Crippen molar-refractivity contribution >= 4 is 17.6 Å². The Bertz CT molecular complexity index is 635. The van der Waals surface area contributed by atoms with Crippen LogP contribution in [0.25, 0.3) is 0 Å².